The van der Waals surface area contributed by atoms with Gasteiger partial charge in [0.25, 0.3) is 0 Å². The van der Waals surface area contributed by atoms with Crippen LogP contribution < -0.4 is 5.32 Å². The Kier molecular flexibility index (Phi) is 3.20. The van der Waals surface area contributed by atoms with E-state index in [2.05, 4.69) is 15.7 Å². The van der Waals surface area contributed by atoms with Gasteiger partial charge in [0.2, 0.25) is 0 Å². The third kappa shape index (κ3) is 1.90. The van der Waals surface area contributed by atoms with Crippen LogP contribution in [0.1, 0.15) is 23.9 Å². The molecule has 2 aliphatic rings. The van der Waals surface area contributed by atoms with Crippen LogP contribution in [0.5, 0.6) is 0 Å². The van der Waals surface area contributed by atoms with Crippen molar-refractivity contribution in [3.63, 3.8) is 0 Å². The van der Waals surface area contributed by atoms with Gasteiger partial charge in [-0.05, 0) is 24.3 Å². The number of hydrogen-bond donors (Lipinski definition) is 1. The van der Waals surface area contributed by atoms with Gasteiger partial charge in [0.1, 0.15) is 5.01 Å². The zero-order valence-corrected chi connectivity index (χ0v) is 10.8. The molecule has 2 fully saturated rings. The number of thioether (sulfide) groups is 1. The van der Waals surface area contributed by atoms with Crippen molar-refractivity contribution >= 4 is 23.1 Å². The van der Waals surface area contributed by atoms with Crippen LogP contribution in [0.15, 0.2) is 11.6 Å². The Morgan fingerprint density at radius 1 is 1.44 bits per heavy atom. The lowest BCUT2D eigenvalue weighted by Gasteiger charge is -2.45. The lowest BCUT2D eigenvalue weighted by Crippen LogP contribution is -2.53. The first-order valence-electron chi connectivity index (χ1n) is 5.75. The van der Waals surface area contributed by atoms with Crippen molar-refractivity contribution in [3.8, 4) is 0 Å². The van der Waals surface area contributed by atoms with Gasteiger partial charge in [-0.2, -0.15) is 11.8 Å². The molecule has 5 heteroatoms. The number of thiazole rings is 1. The minimum absolute atomic E-state index is 0.0152. The van der Waals surface area contributed by atoms with E-state index in [1.165, 1.54) is 16.5 Å². The average Bonchev–Trinajstić information content (AvgIpc) is 2.84. The topological polar surface area (TPSA) is 34.1 Å². The maximum absolute atomic E-state index is 6.13. The van der Waals surface area contributed by atoms with Gasteiger partial charge in [-0.25, -0.2) is 4.98 Å². The van der Waals surface area contributed by atoms with Crippen LogP contribution in [-0.2, 0) is 4.74 Å². The summed E-state index contributed by atoms with van der Waals surface area (Å²) in [5, 5.41) is 6.83. The molecular formula is C11H16N2OS2. The Bertz CT molecular complexity index is 327. The van der Waals surface area contributed by atoms with Crippen molar-refractivity contribution in [2.75, 3.05) is 24.7 Å². The van der Waals surface area contributed by atoms with Crippen molar-refractivity contribution in [2.24, 2.45) is 0 Å². The van der Waals surface area contributed by atoms with E-state index in [1.807, 2.05) is 18.0 Å². The Hall–Kier alpha value is -0.100. The largest absolute Gasteiger partial charge is 0.372 e. The smallest absolute Gasteiger partial charge is 0.112 e. The van der Waals surface area contributed by atoms with Gasteiger partial charge < -0.3 is 10.1 Å². The first-order valence-corrected chi connectivity index (χ1v) is 7.79. The molecule has 0 bridgehead atoms. The van der Waals surface area contributed by atoms with Crippen LogP contribution in [0.3, 0.4) is 0 Å². The number of aromatic nitrogens is 1. The fourth-order valence-electron chi connectivity index (χ4n) is 2.57. The Balaban J connectivity index is 1.88. The number of ether oxygens (including phenoxy) is 1. The highest BCUT2D eigenvalue weighted by molar-refractivity contribution is 7.99. The lowest BCUT2D eigenvalue weighted by molar-refractivity contribution is -0.103. The molecule has 3 heterocycles. The minimum Gasteiger partial charge on any atom is -0.372 e. The second kappa shape index (κ2) is 4.64. The molecule has 88 valence electrons. The van der Waals surface area contributed by atoms with E-state index >= 15 is 0 Å². The zero-order chi connectivity index (χ0) is 10.8. The standard InChI is InChI=1S/C11H16N2OS2/c1-6-15-7-2-11(1)9(12-3-5-14-11)10-13-4-8-16-10/h4,8-9,12H,1-3,5-7H2. The van der Waals surface area contributed by atoms with Crippen molar-refractivity contribution in [3.05, 3.63) is 16.6 Å². The van der Waals surface area contributed by atoms with Gasteiger partial charge in [-0.1, -0.05) is 0 Å². The molecule has 0 saturated carbocycles. The van der Waals surface area contributed by atoms with E-state index in [9.17, 15) is 0 Å². The van der Waals surface area contributed by atoms with Crippen molar-refractivity contribution in [1.29, 1.82) is 0 Å². The van der Waals surface area contributed by atoms with E-state index < -0.39 is 0 Å². The second-order valence-corrected chi connectivity index (χ2v) is 6.43. The highest BCUT2D eigenvalue weighted by Crippen LogP contribution is 2.42. The fourth-order valence-corrected chi connectivity index (χ4v) is 4.57. The molecule has 1 N–H and O–H groups in total. The van der Waals surface area contributed by atoms with Crippen molar-refractivity contribution in [2.45, 2.75) is 24.5 Å². The molecule has 16 heavy (non-hydrogen) atoms. The monoisotopic (exact) mass is 256 g/mol. The van der Waals surface area contributed by atoms with Gasteiger partial charge in [0, 0.05) is 18.1 Å². The van der Waals surface area contributed by atoms with E-state index in [4.69, 9.17) is 4.74 Å². The van der Waals surface area contributed by atoms with Crippen LogP contribution in [0.25, 0.3) is 0 Å². The van der Waals surface area contributed by atoms with Crippen LogP contribution >= 0.6 is 23.1 Å². The summed E-state index contributed by atoms with van der Waals surface area (Å²) in [6, 6.07) is 0.308. The molecule has 0 aromatic carbocycles. The molecule has 3 rings (SSSR count). The Morgan fingerprint density at radius 3 is 3.06 bits per heavy atom. The molecule has 2 aliphatic heterocycles. The molecule has 3 nitrogen and oxygen atoms in total. The van der Waals surface area contributed by atoms with E-state index in [0.717, 1.165) is 26.0 Å². The highest BCUT2D eigenvalue weighted by atomic mass is 32.2. The third-order valence-corrected chi connectivity index (χ3v) is 5.23. The molecule has 0 amide bonds. The van der Waals surface area contributed by atoms with Crippen molar-refractivity contribution in [1.82, 2.24) is 10.3 Å². The predicted molar refractivity (Wildman–Crippen MR) is 68.1 cm³/mol. The average molecular weight is 256 g/mol. The number of nitrogens with zero attached hydrogens (tertiary/aromatic N) is 1. The molecule has 1 atom stereocenters. The van der Waals surface area contributed by atoms with Crippen LogP contribution in [0, 0.1) is 0 Å². The summed E-state index contributed by atoms with van der Waals surface area (Å²) in [7, 11) is 0. The molecule has 0 aliphatic carbocycles. The van der Waals surface area contributed by atoms with Crippen LogP contribution in [0.2, 0.25) is 0 Å². The number of nitrogens with one attached hydrogen (secondary N) is 1. The van der Waals surface area contributed by atoms with E-state index in [-0.39, 0.29) is 5.60 Å². The maximum Gasteiger partial charge on any atom is 0.112 e. The number of morpholine rings is 1. The zero-order valence-electron chi connectivity index (χ0n) is 9.15. The van der Waals surface area contributed by atoms with E-state index in [1.54, 1.807) is 11.3 Å². The highest BCUT2D eigenvalue weighted by Gasteiger charge is 2.44. The molecule has 1 aromatic heterocycles. The fraction of sp³-hybridized carbons (Fsp3) is 0.727. The molecular weight excluding hydrogens is 240 g/mol. The molecule has 1 unspecified atom stereocenters. The summed E-state index contributed by atoms with van der Waals surface area (Å²) < 4.78 is 6.13. The SMILES string of the molecule is c1csc(C2NCCOC23CCSCC3)n1. The van der Waals surface area contributed by atoms with Gasteiger partial charge in [-0.15, -0.1) is 11.3 Å². The van der Waals surface area contributed by atoms with Gasteiger partial charge in [0.15, 0.2) is 0 Å². The summed E-state index contributed by atoms with van der Waals surface area (Å²) in [5.74, 6) is 2.42. The second-order valence-electron chi connectivity index (χ2n) is 4.28. The summed E-state index contributed by atoms with van der Waals surface area (Å²) >= 11 is 3.77. The van der Waals surface area contributed by atoms with Crippen LogP contribution in [-0.4, -0.2) is 35.2 Å². The van der Waals surface area contributed by atoms with Crippen LogP contribution in [0.4, 0.5) is 0 Å². The van der Waals surface area contributed by atoms with Gasteiger partial charge in [0.05, 0.1) is 18.2 Å². The first kappa shape index (κ1) is 11.0. The Labute approximate surface area is 104 Å². The predicted octanol–water partition coefficient (Wildman–Crippen LogP) is 2.07. The molecule has 1 aromatic rings. The normalized spacial score (nSPS) is 29.4. The summed E-state index contributed by atoms with van der Waals surface area (Å²) in [6.07, 6.45) is 4.19. The first-order chi connectivity index (χ1) is 7.91. The minimum atomic E-state index is 0.0152. The van der Waals surface area contributed by atoms with Gasteiger partial charge >= 0.3 is 0 Å². The summed E-state index contributed by atoms with van der Waals surface area (Å²) in [6.45, 7) is 1.78. The lowest BCUT2D eigenvalue weighted by atomic mass is 9.86. The maximum atomic E-state index is 6.13. The third-order valence-electron chi connectivity index (χ3n) is 3.40. The molecule has 2 saturated heterocycles. The number of rotatable bonds is 1. The molecule has 1 spiro atoms. The van der Waals surface area contributed by atoms with E-state index in [0.29, 0.717) is 6.04 Å². The Morgan fingerprint density at radius 2 is 2.31 bits per heavy atom. The number of hydrogen-bond acceptors (Lipinski definition) is 5. The molecule has 0 radical (unpaired) electrons. The van der Waals surface area contributed by atoms with Gasteiger partial charge in [-0.3, -0.25) is 0 Å². The summed E-state index contributed by atoms with van der Waals surface area (Å²) in [5.41, 5.74) is 0.0152. The quantitative estimate of drug-likeness (QED) is 0.834. The van der Waals surface area contributed by atoms with Crippen molar-refractivity contribution < 1.29 is 4.74 Å². The summed E-state index contributed by atoms with van der Waals surface area (Å²) in [4.78, 5) is 4.46.